The van der Waals surface area contributed by atoms with Crippen molar-refractivity contribution in [2.24, 2.45) is 0 Å². The summed E-state index contributed by atoms with van der Waals surface area (Å²) in [4.78, 5) is 20.5. The maximum atomic E-state index is 12.2. The molecular weight excluding hydrogens is 304 g/mol. The lowest BCUT2D eigenvalue weighted by molar-refractivity contribution is 0.102. The number of amides is 1. The number of carbonyl (C=O) groups excluding carboxylic acids is 1. The van der Waals surface area contributed by atoms with E-state index in [4.69, 9.17) is 4.74 Å². The molecule has 0 unspecified atom stereocenters. The fraction of sp³-hybridized carbons (Fsp3) is 0.0556. The summed E-state index contributed by atoms with van der Waals surface area (Å²) >= 11 is 0. The maximum Gasteiger partial charge on any atom is 0.258 e. The first-order chi connectivity index (χ1) is 11.7. The van der Waals surface area contributed by atoms with Crippen LogP contribution < -0.4 is 15.4 Å². The van der Waals surface area contributed by atoms with Crippen molar-refractivity contribution >= 4 is 23.2 Å². The lowest BCUT2D eigenvalue weighted by Crippen LogP contribution is -2.13. The zero-order valence-corrected chi connectivity index (χ0v) is 13.1. The first-order valence-electron chi connectivity index (χ1n) is 7.34. The van der Waals surface area contributed by atoms with E-state index in [1.54, 1.807) is 31.4 Å². The van der Waals surface area contributed by atoms with Gasteiger partial charge in [0.25, 0.3) is 5.91 Å². The van der Waals surface area contributed by atoms with Gasteiger partial charge in [0, 0.05) is 23.8 Å². The number of rotatable bonds is 5. The molecule has 3 aromatic rings. The first kappa shape index (κ1) is 15.5. The van der Waals surface area contributed by atoms with E-state index >= 15 is 0 Å². The summed E-state index contributed by atoms with van der Waals surface area (Å²) in [5, 5.41) is 5.85. The Morgan fingerprint density at radius 2 is 1.58 bits per heavy atom. The minimum Gasteiger partial charge on any atom is -0.497 e. The first-order valence-corrected chi connectivity index (χ1v) is 7.34. The molecule has 0 aliphatic carbocycles. The van der Waals surface area contributed by atoms with Crippen LogP contribution in [-0.4, -0.2) is 23.0 Å². The van der Waals surface area contributed by atoms with Gasteiger partial charge in [-0.25, -0.2) is 9.97 Å². The molecule has 0 aliphatic heterocycles. The molecule has 2 N–H and O–H groups in total. The molecule has 0 atom stereocenters. The van der Waals surface area contributed by atoms with E-state index < -0.39 is 0 Å². The average Bonchev–Trinajstić information content (AvgIpc) is 2.64. The number of nitrogens with zero attached hydrogens (tertiary/aromatic N) is 2. The van der Waals surface area contributed by atoms with Crippen molar-refractivity contribution in [3.8, 4) is 5.75 Å². The quantitative estimate of drug-likeness (QED) is 0.752. The van der Waals surface area contributed by atoms with Crippen LogP contribution >= 0.6 is 0 Å². The van der Waals surface area contributed by atoms with Crippen molar-refractivity contribution in [2.45, 2.75) is 0 Å². The number of nitrogens with one attached hydrogen (secondary N) is 2. The molecule has 0 fully saturated rings. The largest absolute Gasteiger partial charge is 0.497 e. The molecule has 1 heterocycles. The fourth-order valence-corrected chi connectivity index (χ4v) is 2.04. The van der Waals surface area contributed by atoms with E-state index in [0.29, 0.717) is 17.2 Å². The van der Waals surface area contributed by atoms with E-state index in [1.807, 2.05) is 30.3 Å². The number of benzene rings is 2. The third kappa shape index (κ3) is 3.86. The lowest BCUT2D eigenvalue weighted by Gasteiger charge is -2.07. The zero-order valence-electron chi connectivity index (χ0n) is 13.1. The monoisotopic (exact) mass is 320 g/mol. The van der Waals surface area contributed by atoms with Gasteiger partial charge < -0.3 is 15.4 Å². The summed E-state index contributed by atoms with van der Waals surface area (Å²) in [5.41, 5.74) is 1.93. The molecule has 0 bridgehead atoms. The number of hydrogen-bond donors (Lipinski definition) is 2. The minimum atomic E-state index is -0.272. The Bertz CT molecular complexity index is 803. The summed E-state index contributed by atoms with van der Waals surface area (Å²) in [6, 6.07) is 16.7. The zero-order chi connectivity index (χ0) is 16.8. The van der Waals surface area contributed by atoms with Crippen molar-refractivity contribution < 1.29 is 9.53 Å². The highest BCUT2D eigenvalue weighted by atomic mass is 16.5. The van der Waals surface area contributed by atoms with Gasteiger partial charge in [0.15, 0.2) is 0 Å². The van der Waals surface area contributed by atoms with Crippen LogP contribution in [0.25, 0.3) is 0 Å². The van der Waals surface area contributed by atoms with Crippen molar-refractivity contribution in [1.29, 1.82) is 0 Å². The molecule has 24 heavy (non-hydrogen) atoms. The van der Waals surface area contributed by atoms with Gasteiger partial charge in [-0.2, -0.15) is 0 Å². The standard InChI is InChI=1S/C18H16N4O2/c1-24-16-9-7-15(8-10-16)21-17(23)13-11-19-18(20-12-13)22-14-5-3-2-4-6-14/h2-12H,1H3,(H,21,23)(H,19,20,22). The third-order valence-corrected chi connectivity index (χ3v) is 3.29. The predicted molar refractivity (Wildman–Crippen MR) is 92.7 cm³/mol. The highest BCUT2D eigenvalue weighted by molar-refractivity contribution is 6.03. The molecule has 1 aromatic heterocycles. The molecule has 0 radical (unpaired) electrons. The Morgan fingerprint density at radius 3 is 2.21 bits per heavy atom. The summed E-state index contributed by atoms with van der Waals surface area (Å²) in [6.45, 7) is 0. The Morgan fingerprint density at radius 1 is 0.917 bits per heavy atom. The van der Waals surface area contributed by atoms with Gasteiger partial charge in [-0.3, -0.25) is 4.79 Å². The number of hydrogen-bond acceptors (Lipinski definition) is 5. The highest BCUT2D eigenvalue weighted by Gasteiger charge is 2.08. The normalized spacial score (nSPS) is 10.0. The fourth-order valence-electron chi connectivity index (χ4n) is 2.04. The number of aromatic nitrogens is 2. The molecule has 6 heteroatoms. The lowest BCUT2D eigenvalue weighted by atomic mass is 10.2. The maximum absolute atomic E-state index is 12.2. The number of methoxy groups -OCH3 is 1. The van der Waals surface area contributed by atoms with Gasteiger partial charge in [0.1, 0.15) is 5.75 Å². The average molecular weight is 320 g/mol. The van der Waals surface area contributed by atoms with E-state index in [0.717, 1.165) is 11.4 Å². The van der Waals surface area contributed by atoms with Crippen LogP contribution in [-0.2, 0) is 0 Å². The third-order valence-electron chi connectivity index (χ3n) is 3.29. The van der Waals surface area contributed by atoms with Gasteiger partial charge in [-0.15, -0.1) is 0 Å². The van der Waals surface area contributed by atoms with Crippen molar-refractivity contribution in [2.75, 3.05) is 17.7 Å². The summed E-state index contributed by atoms with van der Waals surface area (Å²) in [6.07, 6.45) is 2.97. The summed E-state index contributed by atoms with van der Waals surface area (Å²) in [5.74, 6) is 0.890. The van der Waals surface area contributed by atoms with Gasteiger partial charge in [0.05, 0.1) is 12.7 Å². The molecule has 0 aliphatic rings. The van der Waals surface area contributed by atoms with E-state index in [-0.39, 0.29) is 5.91 Å². The van der Waals surface area contributed by atoms with Crippen molar-refractivity contribution in [1.82, 2.24) is 9.97 Å². The number of ether oxygens (including phenoxy) is 1. The van der Waals surface area contributed by atoms with Gasteiger partial charge in [-0.05, 0) is 36.4 Å². The van der Waals surface area contributed by atoms with Gasteiger partial charge in [0.2, 0.25) is 5.95 Å². The van der Waals surface area contributed by atoms with Gasteiger partial charge in [-0.1, -0.05) is 18.2 Å². The Hall–Kier alpha value is -3.41. The molecular formula is C18H16N4O2. The molecule has 0 saturated carbocycles. The van der Waals surface area contributed by atoms with Crippen LogP contribution in [0.1, 0.15) is 10.4 Å². The van der Waals surface area contributed by atoms with Crippen LogP contribution in [0.2, 0.25) is 0 Å². The number of anilines is 3. The molecule has 2 aromatic carbocycles. The van der Waals surface area contributed by atoms with E-state index in [1.165, 1.54) is 12.4 Å². The van der Waals surface area contributed by atoms with Crippen molar-refractivity contribution in [3.63, 3.8) is 0 Å². The smallest absolute Gasteiger partial charge is 0.258 e. The molecule has 0 saturated heterocycles. The molecule has 3 rings (SSSR count). The second-order valence-electron chi connectivity index (χ2n) is 4.97. The molecule has 120 valence electrons. The second kappa shape index (κ2) is 7.23. The number of carbonyl (C=O) groups is 1. The molecule has 6 nitrogen and oxygen atoms in total. The molecule has 0 spiro atoms. The van der Waals surface area contributed by atoms with E-state index in [2.05, 4.69) is 20.6 Å². The minimum absolute atomic E-state index is 0.272. The number of para-hydroxylation sites is 1. The van der Waals surface area contributed by atoms with Gasteiger partial charge >= 0.3 is 0 Å². The van der Waals surface area contributed by atoms with Crippen LogP contribution in [0, 0.1) is 0 Å². The summed E-state index contributed by atoms with van der Waals surface area (Å²) in [7, 11) is 1.59. The topological polar surface area (TPSA) is 76.1 Å². The van der Waals surface area contributed by atoms with Crippen molar-refractivity contribution in [3.05, 3.63) is 72.6 Å². The van der Waals surface area contributed by atoms with Crippen LogP contribution in [0.3, 0.4) is 0 Å². The second-order valence-corrected chi connectivity index (χ2v) is 4.97. The predicted octanol–water partition coefficient (Wildman–Crippen LogP) is 3.48. The van der Waals surface area contributed by atoms with Crippen LogP contribution in [0.15, 0.2) is 67.0 Å². The highest BCUT2D eigenvalue weighted by Crippen LogP contribution is 2.16. The van der Waals surface area contributed by atoms with Crippen LogP contribution in [0.5, 0.6) is 5.75 Å². The Kier molecular flexibility index (Phi) is 4.67. The van der Waals surface area contributed by atoms with E-state index in [9.17, 15) is 4.79 Å². The Labute approximate surface area is 139 Å². The SMILES string of the molecule is COc1ccc(NC(=O)c2cnc(Nc3ccccc3)nc2)cc1. The summed E-state index contributed by atoms with van der Waals surface area (Å²) < 4.78 is 5.08. The van der Waals surface area contributed by atoms with Crippen LogP contribution in [0.4, 0.5) is 17.3 Å². The Balaban J connectivity index is 1.64. The molecule has 1 amide bonds.